The lowest BCUT2D eigenvalue weighted by Gasteiger charge is -2.35. The first-order valence-corrected chi connectivity index (χ1v) is 22.5. The minimum Gasteiger partial charge on any atom is -0.399 e. The van der Waals surface area contributed by atoms with Crippen LogP contribution in [0.3, 0.4) is 0 Å². The monoisotopic (exact) mass is 851 g/mol. The molecule has 0 amide bonds. The second kappa shape index (κ2) is 18.2. The van der Waals surface area contributed by atoms with Crippen molar-refractivity contribution in [1.82, 2.24) is 44.2 Å². The second-order valence-electron chi connectivity index (χ2n) is 17.5. The van der Waals surface area contributed by atoms with E-state index in [2.05, 4.69) is 131 Å². The molecule has 0 radical (unpaired) electrons. The van der Waals surface area contributed by atoms with Crippen LogP contribution in [0, 0.1) is 19.8 Å². The Morgan fingerprint density at radius 3 is 2.03 bits per heavy atom. The molecular formula is C49H66N14. The number of nitrogens with two attached hydrogens (primary N) is 2. The average Bonchev–Trinajstić information content (AvgIpc) is 4.02. The highest BCUT2D eigenvalue weighted by molar-refractivity contribution is 5.88. The summed E-state index contributed by atoms with van der Waals surface area (Å²) in [4.78, 5) is 12.7. The normalized spacial score (nSPS) is 18.9. The summed E-state index contributed by atoms with van der Waals surface area (Å²) in [5.74, 6) is 1.13. The van der Waals surface area contributed by atoms with Crippen molar-refractivity contribution in [1.29, 1.82) is 0 Å². The minimum absolute atomic E-state index is 0.287. The smallest absolute Gasteiger partial charge is 0.208 e. The van der Waals surface area contributed by atoms with Crippen LogP contribution in [0.25, 0.3) is 33.8 Å². The summed E-state index contributed by atoms with van der Waals surface area (Å²) in [6.45, 7) is 33.5. The van der Waals surface area contributed by atoms with Crippen molar-refractivity contribution in [2.45, 2.75) is 79.3 Å². The molecule has 1 saturated heterocycles. The molecule has 2 unspecified atom stereocenters. The van der Waals surface area contributed by atoms with E-state index in [0.29, 0.717) is 36.3 Å². The van der Waals surface area contributed by atoms with Crippen LogP contribution in [0.15, 0.2) is 74.9 Å². The van der Waals surface area contributed by atoms with Gasteiger partial charge >= 0.3 is 0 Å². The third-order valence-electron chi connectivity index (χ3n) is 12.9. The van der Waals surface area contributed by atoms with Gasteiger partial charge in [-0.25, -0.2) is 4.98 Å². The third-order valence-corrected chi connectivity index (χ3v) is 12.9. The number of allylic oxidation sites excluding steroid dienone is 1. The Morgan fingerprint density at radius 1 is 0.778 bits per heavy atom. The third kappa shape index (κ3) is 9.14. The molecule has 8 rings (SSSR count). The van der Waals surface area contributed by atoms with Crippen LogP contribution in [0.4, 0.5) is 17.3 Å². The molecule has 5 aromatic rings. The van der Waals surface area contributed by atoms with Gasteiger partial charge in [0.25, 0.3) is 0 Å². The molecule has 0 bridgehead atoms. The zero-order valence-corrected chi connectivity index (χ0v) is 38.0. The fourth-order valence-electron chi connectivity index (χ4n) is 9.50. The van der Waals surface area contributed by atoms with Gasteiger partial charge in [0.1, 0.15) is 0 Å². The number of nitrogens with one attached hydrogen (secondary N) is 3. The number of hydrogen-bond acceptors (Lipinski definition) is 11. The van der Waals surface area contributed by atoms with Crippen LogP contribution in [-0.2, 0) is 32.5 Å². The minimum atomic E-state index is -0.287. The zero-order valence-electron chi connectivity index (χ0n) is 38.0. The maximum absolute atomic E-state index is 6.46. The maximum atomic E-state index is 6.46. The molecule has 7 N–H and O–H groups in total. The van der Waals surface area contributed by atoms with Crippen molar-refractivity contribution in [2.75, 3.05) is 61.8 Å². The molecule has 14 nitrogen and oxygen atoms in total. The predicted octanol–water partition coefficient (Wildman–Crippen LogP) is 6.80. The first-order chi connectivity index (χ1) is 30.3. The van der Waals surface area contributed by atoms with Crippen LogP contribution < -0.4 is 32.3 Å². The van der Waals surface area contributed by atoms with Gasteiger partial charge in [-0.2, -0.15) is 10.2 Å². The van der Waals surface area contributed by atoms with E-state index in [9.17, 15) is 0 Å². The Balaban J connectivity index is 1.22. The number of anilines is 3. The highest BCUT2D eigenvalue weighted by Gasteiger charge is 2.33. The highest BCUT2D eigenvalue weighted by Crippen LogP contribution is 2.41. The molecular weight excluding hydrogens is 785 g/mol. The number of aromatic nitrogens is 6. The number of benzene rings is 2. The Hall–Kier alpha value is -6.25. The van der Waals surface area contributed by atoms with Crippen LogP contribution in [0.5, 0.6) is 0 Å². The van der Waals surface area contributed by atoms with Gasteiger partial charge in [-0.05, 0) is 125 Å². The van der Waals surface area contributed by atoms with Crippen molar-refractivity contribution in [3.8, 4) is 0 Å². The van der Waals surface area contributed by atoms with E-state index in [4.69, 9.17) is 26.6 Å². The highest BCUT2D eigenvalue weighted by atomic mass is 15.4. The molecule has 3 aliphatic heterocycles. The van der Waals surface area contributed by atoms with Crippen molar-refractivity contribution in [3.05, 3.63) is 120 Å². The number of piperazine rings is 1. The maximum Gasteiger partial charge on any atom is 0.208 e. The Labute approximate surface area is 372 Å². The molecule has 3 aromatic heterocycles. The standard InChI is InChI=1S/C49H66N14/c1-10-62-44(24-31(3)56-62)35(7)52-48-54-42-28-40(33(5)50)26-38-16-14-37(30-59-22-20-58(9)21-23-59)15-17-39-27-41(34(6)51)29-43-47(39)61(19-13-12-18-60(48)46(38)42)49(55-43)53-36(8)45-25-32(4)57-63(45)11-2/h12-13,24-29,37,48,52,54H,5-8,10-11,14-23,30,50-51H2,1-4,9H3,(H,53,55)/b13-12+. The van der Waals surface area contributed by atoms with E-state index < -0.39 is 0 Å². The SMILES string of the molecule is C=C(N)c1cc2c3c(c1)NC(NC(=C)c1cc(C)nn1CC)N3C/C=C/Cn1c(NC(=C)c3cc(C)nn3CC)nc3cc(C(=C)N)cc(c31)CCC(CN1CCN(C)CC1)CC2. The van der Waals surface area contributed by atoms with Crippen molar-refractivity contribution in [2.24, 2.45) is 17.4 Å². The van der Waals surface area contributed by atoms with Crippen molar-refractivity contribution < 1.29 is 0 Å². The van der Waals surface area contributed by atoms with Gasteiger partial charge in [0.2, 0.25) is 5.95 Å². The van der Waals surface area contributed by atoms with Gasteiger partial charge < -0.3 is 46.7 Å². The van der Waals surface area contributed by atoms with E-state index in [1.807, 2.05) is 23.2 Å². The number of aryl methyl sites for hydroxylation is 6. The summed E-state index contributed by atoms with van der Waals surface area (Å²) >= 11 is 0. The van der Waals surface area contributed by atoms with Crippen LogP contribution >= 0.6 is 0 Å². The molecule has 6 heterocycles. The average molecular weight is 851 g/mol. The summed E-state index contributed by atoms with van der Waals surface area (Å²) < 4.78 is 6.26. The first-order valence-electron chi connectivity index (χ1n) is 22.5. The molecule has 2 aromatic carbocycles. The van der Waals surface area contributed by atoms with E-state index in [0.717, 1.165) is 134 Å². The number of likely N-dealkylation sites (N-methyl/N-ethyl adjacent to an activating group) is 1. The number of imidazole rings is 1. The van der Waals surface area contributed by atoms with Crippen molar-refractivity contribution in [3.63, 3.8) is 0 Å². The van der Waals surface area contributed by atoms with Gasteiger partial charge in [0, 0.05) is 70.3 Å². The van der Waals surface area contributed by atoms with Gasteiger partial charge in [-0.1, -0.05) is 38.5 Å². The summed E-state index contributed by atoms with van der Waals surface area (Å²) in [6.07, 6.45) is 7.95. The predicted molar refractivity (Wildman–Crippen MR) is 261 cm³/mol. The Kier molecular flexibility index (Phi) is 12.6. The molecule has 63 heavy (non-hydrogen) atoms. The molecule has 14 heteroatoms. The second-order valence-corrected chi connectivity index (χ2v) is 17.5. The Morgan fingerprint density at radius 2 is 1.38 bits per heavy atom. The van der Waals surface area contributed by atoms with E-state index in [-0.39, 0.29) is 6.29 Å². The summed E-state index contributed by atoms with van der Waals surface area (Å²) in [7, 11) is 2.22. The lowest BCUT2D eigenvalue weighted by atomic mass is 9.90. The van der Waals surface area contributed by atoms with E-state index in [1.54, 1.807) is 0 Å². The lowest BCUT2D eigenvalue weighted by molar-refractivity contribution is 0.131. The van der Waals surface area contributed by atoms with E-state index in [1.165, 1.54) is 16.8 Å². The molecule has 2 atom stereocenters. The van der Waals surface area contributed by atoms with Gasteiger partial charge in [-0.15, -0.1) is 0 Å². The fourth-order valence-corrected chi connectivity index (χ4v) is 9.50. The number of nitrogens with zero attached hydrogens (tertiary/aromatic N) is 9. The summed E-state index contributed by atoms with van der Waals surface area (Å²) in [5, 5.41) is 20.6. The van der Waals surface area contributed by atoms with Gasteiger partial charge in [0.05, 0.1) is 56.6 Å². The fraction of sp³-hybridized carbons (Fsp3) is 0.408. The summed E-state index contributed by atoms with van der Waals surface area (Å²) in [6, 6.07) is 12.8. The molecule has 0 spiro atoms. The Bertz CT molecular complexity index is 2580. The van der Waals surface area contributed by atoms with Crippen LogP contribution in [0.1, 0.15) is 71.7 Å². The number of rotatable bonds is 12. The largest absolute Gasteiger partial charge is 0.399 e. The van der Waals surface area contributed by atoms with Crippen LogP contribution in [0.2, 0.25) is 0 Å². The zero-order chi connectivity index (χ0) is 44.5. The molecule has 0 aliphatic carbocycles. The van der Waals surface area contributed by atoms with Crippen molar-refractivity contribution >= 4 is 51.1 Å². The quantitative estimate of drug-likeness (QED) is 0.0844. The molecule has 1 fully saturated rings. The van der Waals surface area contributed by atoms with Crippen LogP contribution in [-0.4, -0.2) is 91.5 Å². The molecule has 0 saturated carbocycles. The van der Waals surface area contributed by atoms with E-state index >= 15 is 0 Å². The molecule has 332 valence electrons. The number of hydrogen-bond donors (Lipinski definition) is 5. The topological polar surface area (TPSA) is 151 Å². The van der Waals surface area contributed by atoms with Gasteiger partial charge in [0.15, 0.2) is 6.29 Å². The molecule has 3 aliphatic rings. The summed E-state index contributed by atoms with van der Waals surface area (Å²) in [5.41, 5.74) is 27.8. The first kappa shape index (κ1) is 43.4. The lowest BCUT2D eigenvalue weighted by Crippen LogP contribution is -2.46. The van der Waals surface area contributed by atoms with Gasteiger partial charge in [-0.3, -0.25) is 9.36 Å².